The summed E-state index contributed by atoms with van der Waals surface area (Å²) in [5, 5.41) is 3.23. The van der Waals surface area contributed by atoms with Crippen LogP contribution in [0.25, 0.3) is 0 Å². The molecule has 5 nitrogen and oxygen atoms in total. The molecule has 6 heteroatoms. The number of carbonyl (C=O) groups is 1. The van der Waals surface area contributed by atoms with Crippen LogP contribution in [0.2, 0.25) is 0 Å². The summed E-state index contributed by atoms with van der Waals surface area (Å²) in [6, 6.07) is 8.43. The lowest BCUT2D eigenvalue weighted by Crippen LogP contribution is -2.38. The third kappa shape index (κ3) is 7.63. The molecule has 1 rings (SSSR count). The Morgan fingerprint density at radius 3 is 2.50 bits per heavy atom. The van der Waals surface area contributed by atoms with Gasteiger partial charge in [0.25, 0.3) is 0 Å². The Bertz CT molecular complexity index is 475. The van der Waals surface area contributed by atoms with E-state index in [9.17, 15) is 4.79 Å². The second kappa shape index (κ2) is 11.3. The largest absolute Gasteiger partial charge is 0.469 e. The molecule has 0 aromatic heterocycles. The third-order valence-electron chi connectivity index (χ3n) is 3.04. The van der Waals surface area contributed by atoms with E-state index in [1.165, 1.54) is 18.2 Å². The number of benzene rings is 1. The molecule has 0 spiro atoms. The maximum atomic E-state index is 11.1. The average Bonchev–Trinajstić information content (AvgIpc) is 2.48. The third-order valence-corrected chi connectivity index (χ3v) is 3.04. The summed E-state index contributed by atoms with van der Waals surface area (Å²) in [7, 11) is 3.38. The van der Waals surface area contributed by atoms with Crippen molar-refractivity contribution in [2.24, 2.45) is 4.99 Å². The molecule has 0 saturated carbocycles. The van der Waals surface area contributed by atoms with E-state index in [2.05, 4.69) is 46.2 Å². The van der Waals surface area contributed by atoms with Gasteiger partial charge < -0.3 is 15.0 Å². The number of aryl methyl sites for hydroxylation is 1. The number of nitrogens with one attached hydrogen (secondary N) is 1. The number of guanidine groups is 1. The topological polar surface area (TPSA) is 53.9 Å². The van der Waals surface area contributed by atoms with Gasteiger partial charge in [-0.1, -0.05) is 29.8 Å². The highest BCUT2D eigenvalue weighted by Crippen LogP contribution is 2.06. The standard InChI is InChI=1S/C16H25N3O2.HI/c1-5-17-16(18-11-10-15(20)21-4)19(3)12-14-8-6-13(2)7-9-14;/h6-9H,5,10-12H2,1-4H3,(H,17,18);1H. The van der Waals surface area contributed by atoms with Gasteiger partial charge >= 0.3 is 5.97 Å². The lowest BCUT2D eigenvalue weighted by atomic mass is 10.1. The average molecular weight is 419 g/mol. The molecule has 1 aromatic carbocycles. The fourth-order valence-electron chi connectivity index (χ4n) is 1.87. The molecule has 0 aliphatic heterocycles. The number of methoxy groups -OCH3 is 1. The Morgan fingerprint density at radius 2 is 1.95 bits per heavy atom. The zero-order valence-electron chi connectivity index (χ0n) is 13.8. The van der Waals surface area contributed by atoms with Gasteiger partial charge in [0.2, 0.25) is 0 Å². The Balaban J connectivity index is 0.00000441. The molecule has 0 radical (unpaired) electrons. The minimum absolute atomic E-state index is 0. The first-order valence-corrected chi connectivity index (χ1v) is 7.18. The van der Waals surface area contributed by atoms with Gasteiger partial charge in [0.15, 0.2) is 5.96 Å². The van der Waals surface area contributed by atoms with Crippen LogP contribution < -0.4 is 5.32 Å². The molecule has 1 N–H and O–H groups in total. The van der Waals surface area contributed by atoms with Gasteiger partial charge in [0, 0.05) is 20.1 Å². The maximum absolute atomic E-state index is 11.1. The summed E-state index contributed by atoms with van der Waals surface area (Å²) in [6.07, 6.45) is 0.295. The van der Waals surface area contributed by atoms with Crippen molar-refractivity contribution in [3.8, 4) is 0 Å². The summed E-state index contributed by atoms with van der Waals surface area (Å²) in [5.41, 5.74) is 2.47. The van der Waals surface area contributed by atoms with Crippen LogP contribution in [-0.4, -0.2) is 44.1 Å². The number of rotatable bonds is 6. The van der Waals surface area contributed by atoms with E-state index in [0.717, 1.165) is 19.0 Å². The van der Waals surface area contributed by atoms with Crippen LogP contribution in [0.1, 0.15) is 24.5 Å². The van der Waals surface area contributed by atoms with E-state index in [1.54, 1.807) is 0 Å². The SMILES string of the molecule is CCNC(=NCCC(=O)OC)N(C)Cc1ccc(C)cc1.I. The number of carbonyl (C=O) groups excluding carboxylic acids is 1. The highest BCUT2D eigenvalue weighted by atomic mass is 127. The Labute approximate surface area is 150 Å². The van der Waals surface area contributed by atoms with E-state index < -0.39 is 0 Å². The van der Waals surface area contributed by atoms with E-state index in [0.29, 0.717) is 13.0 Å². The first kappa shape index (κ1) is 20.7. The lowest BCUT2D eigenvalue weighted by Gasteiger charge is -2.22. The molecular weight excluding hydrogens is 393 g/mol. The van der Waals surface area contributed by atoms with Gasteiger partial charge in [-0.3, -0.25) is 9.79 Å². The molecule has 0 unspecified atom stereocenters. The van der Waals surface area contributed by atoms with Crippen LogP contribution in [0.4, 0.5) is 0 Å². The second-order valence-electron chi connectivity index (χ2n) is 4.90. The molecule has 0 aliphatic rings. The second-order valence-corrected chi connectivity index (χ2v) is 4.90. The van der Waals surface area contributed by atoms with Crippen LogP contribution in [0.3, 0.4) is 0 Å². The van der Waals surface area contributed by atoms with Crippen molar-refractivity contribution in [1.29, 1.82) is 0 Å². The minimum Gasteiger partial charge on any atom is -0.469 e. The molecule has 124 valence electrons. The first-order valence-electron chi connectivity index (χ1n) is 7.18. The van der Waals surface area contributed by atoms with Crippen LogP contribution in [0.15, 0.2) is 29.3 Å². The summed E-state index contributed by atoms with van der Waals surface area (Å²) in [5.74, 6) is 0.553. The Hall–Kier alpha value is -1.31. The Kier molecular flexibility index (Phi) is 10.6. The molecular formula is C16H26IN3O2. The number of halogens is 1. The van der Waals surface area contributed by atoms with Crippen molar-refractivity contribution in [3.63, 3.8) is 0 Å². The fraction of sp³-hybridized carbons (Fsp3) is 0.500. The van der Waals surface area contributed by atoms with Crippen molar-refractivity contribution in [2.45, 2.75) is 26.8 Å². The number of aliphatic imine (C=N–C) groups is 1. The van der Waals surface area contributed by atoms with Crippen molar-refractivity contribution in [2.75, 3.05) is 27.2 Å². The van der Waals surface area contributed by atoms with Gasteiger partial charge in [0.1, 0.15) is 0 Å². The van der Waals surface area contributed by atoms with Gasteiger partial charge in [0.05, 0.1) is 20.1 Å². The van der Waals surface area contributed by atoms with Gasteiger partial charge in [-0.25, -0.2) is 0 Å². The smallest absolute Gasteiger partial charge is 0.307 e. The summed E-state index contributed by atoms with van der Waals surface area (Å²) in [6.45, 7) is 6.08. The quantitative estimate of drug-likeness (QED) is 0.333. The summed E-state index contributed by atoms with van der Waals surface area (Å²) < 4.78 is 4.62. The Morgan fingerprint density at radius 1 is 1.32 bits per heavy atom. The lowest BCUT2D eigenvalue weighted by molar-refractivity contribution is -0.140. The summed E-state index contributed by atoms with van der Waals surface area (Å²) >= 11 is 0. The predicted octanol–water partition coefficient (Wildman–Crippen LogP) is 2.57. The number of ether oxygens (including phenoxy) is 1. The monoisotopic (exact) mass is 419 g/mol. The van der Waals surface area contributed by atoms with E-state index in [-0.39, 0.29) is 29.9 Å². The number of hydrogen-bond acceptors (Lipinski definition) is 3. The summed E-state index contributed by atoms with van der Waals surface area (Å²) in [4.78, 5) is 17.6. The minimum atomic E-state index is -0.240. The fourth-order valence-corrected chi connectivity index (χ4v) is 1.87. The number of esters is 1. The van der Waals surface area contributed by atoms with Crippen LogP contribution in [0, 0.1) is 6.92 Å². The molecule has 0 amide bonds. The van der Waals surface area contributed by atoms with Crippen LogP contribution >= 0.6 is 24.0 Å². The zero-order chi connectivity index (χ0) is 15.7. The van der Waals surface area contributed by atoms with Crippen LogP contribution in [-0.2, 0) is 16.1 Å². The molecule has 0 atom stereocenters. The molecule has 0 heterocycles. The van der Waals surface area contributed by atoms with E-state index in [4.69, 9.17) is 0 Å². The first-order chi connectivity index (χ1) is 10.1. The molecule has 0 saturated heterocycles. The molecule has 0 aliphatic carbocycles. The van der Waals surface area contributed by atoms with Crippen LogP contribution in [0.5, 0.6) is 0 Å². The predicted molar refractivity (Wildman–Crippen MR) is 101 cm³/mol. The van der Waals surface area contributed by atoms with Crippen molar-refractivity contribution in [1.82, 2.24) is 10.2 Å². The molecule has 1 aromatic rings. The number of hydrogen-bond donors (Lipinski definition) is 1. The van der Waals surface area contributed by atoms with Crippen molar-refractivity contribution < 1.29 is 9.53 Å². The highest BCUT2D eigenvalue weighted by Gasteiger charge is 2.07. The molecule has 0 fully saturated rings. The van der Waals surface area contributed by atoms with E-state index in [1.807, 2.05) is 18.9 Å². The van der Waals surface area contributed by atoms with Crippen molar-refractivity contribution in [3.05, 3.63) is 35.4 Å². The molecule has 22 heavy (non-hydrogen) atoms. The van der Waals surface area contributed by atoms with Gasteiger partial charge in [-0.2, -0.15) is 0 Å². The van der Waals surface area contributed by atoms with E-state index >= 15 is 0 Å². The maximum Gasteiger partial charge on any atom is 0.307 e. The van der Waals surface area contributed by atoms with Gasteiger partial charge in [-0.15, -0.1) is 24.0 Å². The molecule has 0 bridgehead atoms. The van der Waals surface area contributed by atoms with Gasteiger partial charge in [-0.05, 0) is 19.4 Å². The van der Waals surface area contributed by atoms with Crippen molar-refractivity contribution >= 4 is 35.9 Å². The number of nitrogens with zero attached hydrogens (tertiary/aromatic N) is 2. The normalized spacial score (nSPS) is 10.6. The highest BCUT2D eigenvalue weighted by molar-refractivity contribution is 14.0. The zero-order valence-corrected chi connectivity index (χ0v) is 16.1.